The minimum absolute atomic E-state index is 0.0173. The van der Waals surface area contributed by atoms with E-state index in [1.807, 2.05) is 24.3 Å². The molecule has 2 N–H and O–H groups in total. The molecule has 4 nitrogen and oxygen atoms in total. The van der Waals surface area contributed by atoms with Gasteiger partial charge in [-0.2, -0.15) is 0 Å². The average molecular weight is 296 g/mol. The van der Waals surface area contributed by atoms with Crippen molar-refractivity contribution in [2.24, 2.45) is 4.99 Å². The van der Waals surface area contributed by atoms with Gasteiger partial charge in [-0.3, -0.25) is 9.79 Å². The zero-order valence-electron chi connectivity index (χ0n) is 12.6. The molecule has 0 bridgehead atoms. The molecule has 2 aromatic rings. The first-order chi connectivity index (χ1) is 10.7. The number of rotatable bonds is 6. The quantitative estimate of drug-likeness (QED) is 0.782. The van der Waals surface area contributed by atoms with Crippen molar-refractivity contribution in [1.29, 1.82) is 0 Å². The predicted octanol–water partition coefficient (Wildman–Crippen LogP) is 4.27. The molecule has 1 amide bonds. The van der Waals surface area contributed by atoms with Gasteiger partial charge in [0.2, 0.25) is 5.91 Å². The minimum Gasteiger partial charge on any atom is -0.507 e. The lowest BCUT2D eigenvalue weighted by Crippen LogP contribution is -2.10. The number of phenols is 1. The van der Waals surface area contributed by atoms with Crippen molar-refractivity contribution in [2.75, 3.05) is 5.32 Å². The Kier molecular flexibility index (Phi) is 5.72. The van der Waals surface area contributed by atoms with E-state index >= 15 is 0 Å². The van der Waals surface area contributed by atoms with Gasteiger partial charge in [0.25, 0.3) is 0 Å². The number of carbonyl (C=O) groups is 1. The third kappa shape index (κ3) is 4.74. The first kappa shape index (κ1) is 15.8. The normalized spacial score (nSPS) is 10.8. The van der Waals surface area contributed by atoms with E-state index in [0.717, 1.165) is 24.2 Å². The summed E-state index contributed by atoms with van der Waals surface area (Å²) in [4.78, 5) is 16.1. The highest BCUT2D eigenvalue weighted by Crippen LogP contribution is 2.20. The maximum Gasteiger partial charge on any atom is 0.224 e. The molecule has 0 aromatic heterocycles. The fraction of sp³-hybridized carbons (Fsp3) is 0.222. The second-order valence-corrected chi connectivity index (χ2v) is 5.02. The number of hydrogen-bond acceptors (Lipinski definition) is 3. The molecule has 22 heavy (non-hydrogen) atoms. The molecule has 0 radical (unpaired) electrons. The molecule has 0 fully saturated rings. The van der Waals surface area contributed by atoms with Crippen LogP contribution in [0.25, 0.3) is 0 Å². The summed E-state index contributed by atoms with van der Waals surface area (Å²) < 4.78 is 0. The van der Waals surface area contributed by atoms with Crippen molar-refractivity contribution in [1.82, 2.24) is 0 Å². The second-order valence-electron chi connectivity index (χ2n) is 5.02. The number of amides is 1. The van der Waals surface area contributed by atoms with Gasteiger partial charge >= 0.3 is 0 Å². The highest BCUT2D eigenvalue weighted by atomic mass is 16.3. The average Bonchev–Trinajstić information content (AvgIpc) is 2.52. The van der Waals surface area contributed by atoms with Crippen LogP contribution in [0.2, 0.25) is 0 Å². The van der Waals surface area contributed by atoms with Gasteiger partial charge in [-0.1, -0.05) is 31.5 Å². The Hall–Kier alpha value is -2.62. The molecule has 0 aliphatic rings. The van der Waals surface area contributed by atoms with Crippen molar-refractivity contribution in [2.45, 2.75) is 26.2 Å². The molecule has 0 saturated carbocycles. The summed E-state index contributed by atoms with van der Waals surface area (Å²) in [6.45, 7) is 2.06. The lowest BCUT2D eigenvalue weighted by molar-refractivity contribution is -0.116. The minimum atomic E-state index is 0.0173. The van der Waals surface area contributed by atoms with Gasteiger partial charge in [0.1, 0.15) is 5.75 Å². The Balaban J connectivity index is 2.05. The highest BCUT2D eigenvalue weighted by molar-refractivity contribution is 5.91. The molecular weight excluding hydrogens is 276 g/mol. The van der Waals surface area contributed by atoms with Gasteiger partial charge in [-0.25, -0.2) is 0 Å². The van der Waals surface area contributed by atoms with Crippen molar-refractivity contribution in [3.63, 3.8) is 0 Å². The van der Waals surface area contributed by atoms with Crippen LogP contribution in [0, 0.1) is 0 Å². The molecule has 0 heterocycles. The van der Waals surface area contributed by atoms with E-state index in [-0.39, 0.29) is 11.7 Å². The molecule has 114 valence electrons. The van der Waals surface area contributed by atoms with E-state index in [2.05, 4.69) is 17.2 Å². The summed E-state index contributed by atoms with van der Waals surface area (Å²) >= 11 is 0. The number of nitrogens with zero attached hydrogens (tertiary/aromatic N) is 1. The fourth-order valence-corrected chi connectivity index (χ4v) is 1.97. The zero-order chi connectivity index (χ0) is 15.8. The molecule has 0 unspecified atom stereocenters. The summed E-state index contributed by atoms with van der Waals surface area (Å²) in [6.07, 6.45) is 4.02. The van der Waals surface area contributed by atoms with Crippen LogP contribution >= 0.6 is 0 Å². The standard InChI is InChI=1S/C18H20N2O2/c1-2-3-11-18(22)20-16-9-6-8-15(12-16)19-13-14-7-4-5-10-17(14)21/h4-10,12-13,21H,2-3,11H2,1H3,(H,20,22). The van der Waals surface area contributed by atoms with Crippen molar-refractivity contribution in [3.8, 4) is 5.75 Å². The smallest absolute Gasteiger partial charge is 0.224 e. The summed E-state index contributed by atoms with van der Waals surface area (Å²) in [5.74, 6) is 0.207. The van der Waals surface area contributed by atoms with E-state index in [4.69, 9.17) is 0 Å². The number of unbranched alkanes of at least 4 members (excludes halogenated alkanes) is 1. The van der Waals surface area contributed by atoms with Crippen LogP contribution in [0.3, 0.4) is 0 Å². The molecule has 4 heteroatoms. The third-order valence-corrected chi connectivity index (χ3v) is 3.18. The van der Waals surface area contributed by atoms with E-state index in [0.29, 0.717) is 12.0 Å². The van der Waals surface area contributed by atoms with E-state index in [9.17, 15) is 9.90 Å². The lowest BCUT2D eigenvalue weighted by Gasteiger charge is -2.05. The Labute approximate surface area is 130 Å². The third-order valence-electron chi connectivity index (χ3n) is 3.18. The van der Waals surface area contributed by atoms with Crippen LogP contribution in [0.1, 0.15) is 31.7 Å². The number of phenolic OH excluding ortho intramolecular Hbond substituents is 1. The summed E-state index contributed by atoms with van der Waals surface area (Å²) in [6, 6.07) is 14.3. The van der Waals surface area contributed by atoms with Crippen molar-refractivity contribution >= 4 is 23.5 Å². The van der Waals surface area contributed by atoms with Crippen LogP contribution in [0.5, 0.6) is 5.75 Å². The molecule has 0 spiro atoms. The van der Waals surface area contributed by atoms with Gasteiger partial charge in [-0.05, 0) is 36.8 Å². The Morgan fingerprint density at radius 2 is 2.05 bits per heavy atom. The Morgan fingerprint density at radius 3 is 2.82 bits per heavy atom. The van der Waals surface area contributed by atoms with E-state index in [1.54, 1.807) is 30.5 Å². The highest BCUT2D eigenvalue weighted by Gasteiger charge is 2.02. The number of carbonyl (C=O) groups excluding carboxylic acids is 1. The molecule has 0 aliphatic heterocycles. The first-order valence-electron chi connectivity index (χ1n) is 7.41. The maximum atomic E-state index is 11.7. The number of hydrogen-bond donors (Lipinski definition) is 2. The van der Waals surface area contributed by atoms with Crippen LogP contribution in [-0.2, 0) is 4.79 Å². The predicted molar refractivity (Wildman–Crippen MR) is 90.0 cm³/mol. The second kappa shape index (κ2) is 7.98. The fourth-order valence-electron chi connectivity index (χ4n) is 1.97. The number of benzene rings is 2. The number of nitrogens with one attached hydrogen (secondary N) is 1. The van der Waals surface area contributed by atoms with Crippen LogP contribution in [-0.4, -0.2) is 17.2 Å². The Morgan fingerprint density at radius 1 is 1.23 bits per heavy atom. The largest absolute Gasteiger partial charge is 0.507 e. The van der Waals surface area contributed by atoms with E-state index < -0.39 is 0 Å². The monoisotopic (exact) mass is 296 g/mol. The molecule has 0 aliphatic carbocycles. The van der Waals surface area contributed by atoms with Crippen LogP contribution in [0.15, 0.2) is 53.5 Å². The summed E-state index contributed by atoms with van der Waals surface area (Å²) in [7, 11) is 0. The van der Waals surface area contributed by atoms with Gasteiger partial charge < -0.3 is 10.4 Å². The molecule has 2 rings (SSSR count). The molecule has 0 atom stereocenters. The maximum absolute atomic E-state index is 11.7. The van der Waals surface area contributed by atoms with Gasteiger partial charge in [-0.15, -0.1) is 0 Å². The SMILES string of the molecule is CCCCC(=O)Nc1cccc(N=Cc2ccccc2O)c1. The van der Waals surface area contributed by atoms with Crippen molar-refractivity contribution in [3.05, 3.63) is 54.1 Å². The Bertz CT molecular complexity index is 666. The number of aromatic hydroxyl groups is 1. The molecule has 2 aromatic carbocycles. The van der Waals surface area contributed by atoms with Crippen LogP contribution in [0.4, 0.5) is 11.4 Å². The number of aliphatic imine (C=N–C) groups is 1. The lowest BCUT2D eigenvalue weighted by atomic mass is 10.2. The zero-order valence-corrected chi connectivity index (χ0v) is 12.6. The van der Waals surface area contributed by atoms with E-state index in [1.165, 1.54) is 0 Å². The first-order valence-corrected chi connectivity index (χ1v) is 7.41. The molecule has 0 saturated heterocycles. The summed E-state index contributed by atoms with van der Waals surface area (Å²) in [5, 5.41) is 12.6. The van der Waals surface area contributed by atoms with Crippen molar-refractivity contribution < 1.29 is 9.90 Å². The number of para-hydroxylation sites is 1. The topological polar surface area (TPSA) is 61.7 Å². The molecular formula is C18H20N2O2. The number of anilines is 1. The van der Waals surface area contributed by atoms with Gasteiger partial charge in [0.15, 0.2) is 0 Å². The van der Waals surface area contributed by atoms with Gasteiger partial charge in [0, 0.05) is 23.9 Å². The summed E-state index contributed by atoms with van der Waals surface area (Å²) in [5.41, 5.74) is 2.10. The van der Waals surface area contributed by atoms with Gasteiger partial charge in [0.05, 0.1) is 5.69 Å². The van der Waals surface area contributed by atoms with Crippen LogP contribution < -0.4 is 5.32 Å².